The average Bonchev–Trinajstić information content (AvgIpc) is 2.50. The molecule has 2 rings (SSSR count). The van der Waals surface area contributed by atoms with Crippen molar-refractivity contribution < 1.29 is 9.59 Å². The number of hydrogen-bond acceptors (Lipinski definition) is 2. The third-order valence-corrected chi connectivity index (χ3v) is 3.64. The molecule has 0 radical (unpaired) electrons. The topological polar surface area (TPSA) is 49.4 Å². The van der Waals surface area contributed by atoms with Gasteiger partial charge in [-0.05, 0) is 29.7 Å². The Kier molecular flexibility index (Phi) is 4.04. The van der Waals surface area contributed by atoms with Crippen LogP contribution in [0.4, 0.5) is 5.69 Å². The Morgan fingerprint density at radius 3 is 2.35 bits per heavy atom. The molecule has 0 aliphatic carbocycles. The molecule has 1 heterocycles. The summed E-state index contributed by atoms with van der Waals surface area (Å²) in [6, 6.07) is 6.58. The molecule has 0 spiro atoms. The van der Waals surface area contributed by atoms with Gasteiger partial charge in [-0.1, -0.05) is 32.4 Å². The first-order valence-corrected chi connectivity index (χ1v) is 7.03. The van der Waals surface area contributed by atoms with Gasteiger partial charge in [0.05, 0.1) is 0 Å². The van der Waals surface area contributed by atoms with Crippen LogP contribution in [0.5, 0.6) is 0 Å². The Labute approximate surface area is 124 Å². The minimum atomic E-state index is -0.520. The summed E-state index contributed by atoms with van der Waals surface area (Å²) < 4.78 is 0. The van der Waals surface area contributed by atoms with Crippen LogP contribution in [-0.2, 0) is 9.59 Å². The molecule has 1 fully saturated rings. The van der Waals surface area contributed by atoms with Crippen LogP contribution < -0.4 is 10.2 Å². The molecule has 1 aromatic rings. The lowest BCUT2D eigenvalue weighted by Crippen LogP contribution is -2.52. The zero-order valence-corrected chi connectivity index (χ0v) is 12.7. The fourth-order valence-electron chi connectivity index (χ4n) is 2.24. The van der Waals surface area contributed by atoms with Gasteiger partial charge in [-0.2, -0.15) is 0 Å². The standard InChI is InChI=1S/C15H19ClN2O2/c1-15(2,3)13-14(20)18(9-8-12(19)17-13)11-6-4-10(16)5-7-11/h4-7,13H,8-9H2,1-3H3,(H,17,19). The van der Waals surface area contributed by atoms with Crippen molar-refractivity contribution in [1.82, 2.24) is 5.32 Å². The molecule has 5 heteroatoms. The lowest BCUT2D eigenvalue weighted by atomic mass is 9.86. The summed E-state index contributed by atoms with van der Waals surface area (Å²) in [5.74, 6) is -0.166. The number of anilines is 1. The second-order valence-corrected chi connectivity index (χ2v) is 6.52. The molecule has 108 valence electrons. The van der Waals surface area contributed by atoms with Crippen LogP contribution in [0.1, 0.15) is 27.2 Å². The first-order valence-electron chi connectivity index (χ1n) is 6.65. The fourth-order valence-corrected chi connectivity index (χ4v) is 2.36. The monoisotopic (exact) mass is 294 g/mol. The number of halogens is 1. The van der Waals surface area contributed by atoms with E-state index in [1.807, 2.05) is 20.8 Å². The van der Waals surface area contributed by atoms with Crippen LogP contribution in [0.25, 0.3) is 0 Å². The summed E-state index contributed by atoms with van der Waals surface area (Å²) in [6.45, 7) is 6.22. The Morgan fingerprint density at radius 1 is 1.20 bits per heavy atom. The molecule has 1 saturated heterocycles. The molecular weight excluding hydrogens is 276 g/mol. The third-order valence-electron chi connectivity index (χ3n) is 3.39. The van der Waals surface area contributed by atoms with Gasteiger partial charge in [0.25, 0.3) is 0 Å². The molecule has 1 unspecified atom stereocenters. The van der Waals surface area contributed by atoms with Crippen LogP contribution in [0, 0.1) is 5.41 Å². The van der Waals surface area contributed by atoms with Crippen LogP contribution >= 0.6 is 11.6 Å². The van der Waals surface area contributed by atoms with E-state index < -0.39 is 6.04 Å². The van der Waals surface area contributed by atoms with E-state index in [4.69, 9.17) is 11.6 Å². The SMILES string of the molecule is CC(C)(C)C1NC(=O)CCN(c2ccc(Cl)cc2)C1=O. The molecule has 1 atom stereocenters. The van der Waals surface area contributed by atoms with E-state index in [0.29, 0.717) is 18.0 Å². The highest BCUT2D eigenvalue weighted by Crippen LogP contribution is 2.26. The molecule has 0 saturated carbocycles. The van der Waals surface area contributed by atoms with Crippen LogP contribution in [0.3, 0.4) is 0 Å². The first kappa shape index (κ1) is 14.9. The number of hydrogen-bond donors (Lipinski definition) is 1. The van der Waals surface area contributed by atoms with E-state index in [1.54, 1.807) is 29.2 Å². The predicted octanol–water partition coefficient (Wildman–Crippen LogP) is 2.61. The zero-order chi connectivity index (χ0) is 14.9. The number of amides is 2. The van der Waals surface area contributed by atoms with Gasteiger partial charge in [0.2, 0.25) is 11.8 Å². The minimum absolute atomic E-state index is 0.0781. The van der Waals surface area contributed by atoms with Gasteiger partial charge in [0.1, 0.15) is 6.04 Å². The largest absolute Gasteiger partial charge is 0.344 e. The second kappa shape index (κ2) is 5.44. The molecule has 1 N–H and O–H groups in total. The van der Waals surface area contributed by atoms with Gasteiger partial charge in [-0.15, -0.1) is 0 Å². The van der Waals surface area contributed by atoms with Crippen molar-refractivity contribution in [3.05, 3.63) is 29.3 Å². The Morgan fingerprint density at radius 2 is 1.80 bits per heavy atom. The maximum absolute atomic E-state index is 12.7. The lowest BCUT2D eigenvalue weighted by molar-refractivity contribution is -0.127. The van der Waals surface area contributed by atoms with Crippen LogP contribution in [0.2, 0.25) is 5.02 Å². The first-order chi connectivity index (χ1) is 9.29. The summed E-state index contributed by atoms with van der Waals surface area (Å²) in [7, 11) is 0. The number of carbonyl (C=O) groups is 2. The molecular formula is C15H19ClN2O2. The number of benzene rings is 1. The van der Waals surface area contributed by atoms with Crippen molar-refractivity contribution in [3.8, 4) is 0 Å². The number of nitrogens with zero attached hydrogens (tertiary/aromatic N) is 1. The molecule has 0 aromatic heterocycles. The second-order valence-electron chi connectivity index (χ2n) is 6.08. The quantitative estimate of drug-likeness (QED) is 0.865. The van der Waals surface area contributed by atoms with Gasteiger partial charge >= 0.3 is 0 Å². The van der Waals surface area contributed by atoms with Gasteiger partial charge in [0, 0.05) is 23.7 Å². The predicted molar refractivity (Wildman–Crippen MR) is 79.8 cm³/mol. The van der Waals surface area contributed by atoms with Crippen LogP contribution in [-0.4, -0.2) is 24.4 Å². The summed E-state index contributed by atoms with van der Waals surface area (Å²) >= 11 is 5.87. The zero-order valence-electron chi connectivity index (χ0n) is 11.9. The van der Waals surface area contributed by atoms with Crippen molar-refractivity contribution in [3.63, 3.8) is 0 Å². The van der Waals surface area contributed by atoms with Crippen molar-refractivity contribution >= 4 is 29.1 Å². The van der Waals surface area contributed by atoms with Gasteiger partial charge in [0.15, 0.2) is 0 Å². The molecule has 1 aliphatic rings. The minimum Gasteiger partial charge on any atom is -0.344 e. The van der Waals surface area contributed by atoms with E-state index in [9.17, 15) is 9.59 Å². The summed E-state index contributed by atoms with van der Waals surface area (Å²) in [6.07, 6.45) is 0.306. The van der Waals surface area contributed by atoms with Crippen molar-refractivity contribution in [2.45, 2.75) is 33.2 Å². The van der Waals surface area contributed by atoms with Crippen molar-refractivity contribution in [1.29, 1.82) is 0 Å². The Bertz CT molecular complexity index is 520. The van der Waals surface area contributed by atoms with Gasteiger partial charge in [-0.25, -0.2) is 0 Å². The van der Waals surface area contributed by atoms with E-state index >= 15 is 0 Å². The van der Waals surface area contributed by atoms with Gasteiger partial charge < -0.3 is 10.2 Å². The Balaban J connectivity index is 2.35. The van der Waals surface area contributed by atoms with Crippen molar-refractivity contribution in [2.75, 3.05) is 11.4 Å². The highest BCUT2D eigenvalue weighted by molar-refractivity contribution is 6.30. The average molecular weight is 295 g/mol. The van der Waals surface area contributed by atoms with E-state index in [-0.39, 0.29) is 17.2 Å². The third kappa shape index (κ3) is 3.12. The van der Waals surface area contributed by atoms with E-state index in [0.717, 1.165) is 5.69 Å². The molecule has 4 nitrogen and oxygen atoms in total. The molecule has 1 aromatic carbocycles. The molecule has 2 amide bonds. The molecule has 20 heavy (non-hydrogen) atoms. The molecule has 1 aliphatic heterocycles. The summed E-state index contributed by atoms with van der Waals surface area (Å²) in [4.78, 5) is 26.2. The highest BCUT2D eigenvalue weighted by Gasteiger charge is 2.38. The Hall–Kier alpha value is -1.55. The van der Waals surface area contributed by atoms with Gasteiger partial charge in [-0.3, -0.25) is 9.59 Å². The summed E-state index contributed by atoms with van der Waals surface area (Å²) in [5, 5.41) is 3.45. The van der Waals surface area contributed by atoms with Crippen LogP contribution in [0.15, 0.2) is 24.3 Å². The lowest BCUT2D eigenvalue weighted by Gasteiger charge is -2.32. The normalized spacial score (nSPS) is 20.6. The number of nitrogens with one attached hydrogen (secondary N) is 1. The number of rotatable bonds is 1. The number of carbonyl (C=O) groups excluding carboxylic acids is 2. The van der Waals surface area contributed by atoms with E-state index in [1.165, 1.54) is 0 Å². The summed E-state index contributed by atoms with van der Waals surface area (Å²) in [5.41, 5.74) is 0.437. The fraction of sp³-hybridized carbons (Fsp3) is 0.467. The van der Waals surface area contributed by atoms with Crippen molar-refractivity contribution in [2.24, 2.45) is 5.41 Å². The van der Waals surface area contributed by atoms with E-state index in [2.05, 4.69) is 5.32 Å². The molecule has 0 bridgehead atoms. The highest BCUT2D eigenvalue weighted by atomic mass is 35.5. The smallest absolute Gasteiger partial charge is 0.250 e. The maximum atomic E-state index is 12.7. The maximum Gasteiger partial charge on any atom is 0.250 e.